The van der Waals surface area contributed by atoms with Crippen molar-refractivity contribution in [1.29, 1.82) is 0 Å². The molecule has 9 nitrogen and oxygen atoms in total. The summed E-state index contributed by atoms with van der Waals surface area (Å²) >= 11 is 1.42. The van der Waals surface area contributed by atoms with Crippen molar-refractivity contribution < 1.29 is 5.11 Å². The van der Waals surface area contributed by atoms with Crippen LogP contribution in [-0.4, -0.2) is 47.0 Å². The molecule has 4 rings (SSSR count). The van der Waals surface area contributed by atoms with E-state index in [1.807, 2.05) is 6.26 Å². The second kappa shape index (κ2) is 5.23. The topological polar surface area (TPSA) is 124 Å². The summed E-state index contributed by atoms with van der Waals surface area (Å²) in [5.41, 5.74) is 0.891. The summed E-state index contributed by atoms with van der Waals surface area (Å²) in [6, 6.07) is 0.310. The van der Waals surface area contributed by atoms with Crippen LogP contribution in [0.1, 0.15) is 18.5 Å². The van der Waals surface area contributed by atoms with Gasteiger partial charge in [-0.2, -0.15) is 14.6 Å². The van der Waals surface area contributed by atoms with Crippen molar-refractivity contribution in [2.75, 3.05) is 6.26 Å². The molecule has 1 fully saturated rings. The number of nitrogens with zero attached hydrogens (tertiary/aromatic N) is 5. The number of rotatable bonds is 3. The minimum atomic E-state index is -0.478. The standard InChI is InChI=1S/C13H13N7O2S/c1-23-13-17-9-6(4-8-10(21)18-12(22)16-8)5-14-20(9)11(19-13)15-7-2-3-7/h4-5,7,21H,2-3H2,1H3,(H2,16,18,22)/b6-4+,15-11?. The molecule has 1 aliphatic rings. The first kappa shape index (κ1) is 14.0. The highest BCUT2D eigenvalue weighted by Gasteiger charge is 2.20. The molecule has 0 amide bonds. The van der Waals surface area contributed by atoms with Crippen LogP contribution >= 0.6 is 11.8 Å². The third kappa shape index (κ3) is 2.61. The average molecular weight is 331 g/mol. The van der Waals surface area contributed by atoms with Crippen molar-refractivity contribution in [3.05, 3.63) is 33.2 Å². The van der Waals surface area contributed by atoms with Crippen molar-refractivity contribution in [3.8, 4) is 5.88 Å². The first-order chi connectivity index (χ1) is 11.1. The highest BCUT2D eigenvalue weighted by molar-refractivity contribution is 7.98. The van der Waals surface area contributed by atoms with Crippen LogP contribution in [0.2, 0.25) is 0 Å². The van der Waals surface area contributed by atoms with Crippen LogP contribution in [-0.2, 0) is 0 Å². The van der Waals surface area contributed by atoms with Crippen molar-refractivity contribution >= 4 is 23.5 Å². The van der Waals surface area contributed by atoms with Crippen LogP contribution in [0.5, 0.6) is 5.88 Å². The number of H-pyrrole nitrogens is 2. The number of aromatic nitrogens is 6. The van der Waals surface area contributed by atoms with E-state index < -0.39 is 5.69 Å². The van der Waals surface area contributed by atoms with E-state index in [0.29, 0.717) is 27.7 Å². The van der Waals surface area contributed by atoms with Gasteiger partial charge >= 0.3 is 5.69 Å². The maximum Gasteiger partial charge on any atom is 0.326 e. The van der Waals surface area contributed by atoms with Crippen LogP contribution in [0.4, 0.5) is 0 Å². The molecule has 0 atom stereocenters. The van der Waals surface area contributed by atoms with Gasteiger partial charge in [-0.05, 0) is 25.2 Å². The third-order valence-electron chi connectivity index (χ3n) is 3.42. The number of aromatic hydroxyl groups is 1. The van der Waals surface area contributed by atoms with Crippen molar-refractivity contribution in [2.24, 2.45) is 4.99 Å². The van der Waals surface area contributed by atoms with E-state index in [2.05, 4.69) is 30.0 Å². The summed E-state index contributed by atoms with van der Waals surface area (Å²) in [5, 5.41) is 15.2. The molecule has 3 aromatic rings. The van der Waals surface area contributed by atoms with E-state index in [9.17, 15) is 9.90 Å². The van der Waals surface area contributed by atoms with Gasteiger partial charge in [0, 0.05) is 5.22 Å². The Hall–Kier alpha value is -2.62. The predicted octanol–water partition coefficient (Wildman–Crippen LogP) is -0.821. The molecule has 3 N–H and O–H groups in total. The Kier molecular flexibility index (Phi) is 3.18. The Labute approximate surface area is 133 Å². The maximum atomic E-state index is 11.2. The Bertz CT molecular complexity index is 1060. The van der Waals surface area contributed by atoms with Crippen LogP contribution in [0.3, 0.4) is 0 Å². The van der Waals surface area contributed by atoms with Gasteiger partial charge in [0.05, 0.1) is 12.2 Å². The molecule has 10 heteroatoms. The van der Waals surface area contributed by atoms with Gasteiger partial charge in [-0.25, -0.2) is 14.8 Å². The van der Waals surface area contributed by atoms with Gasteiger partial charge in [0.2, 0.25) is 5.88 Å². The monoisotopic (exact) mass is 331 g/mol. The van der Waals surface area contributed by atoms with Gasteiger partial charge in [-0.3, -0.25) is 4.98 Å². The second-order valence-corrected chi connectivity index (χ2v) is 5.97. The van der Waals surface area contributed by atoms with E-state index in [1.165, 1.54) is 11.8 Å². The Morgan fingerprint density at radius 3 is 2.91 bits per heavy atom. The molecule has 0 unspecified atom stereocenters. The van der Waals surface area contributed by atoms with Gasteiger partial charge in [0.25, 0.3) is 5.62 Å². The van der Waals surface area contributed by atoms with Crippen LogP contribution < -0.4 is 16.5 Å². The van der Waals surface area contributed by atoms with E-state index in [-0.39, 0.29) is 11.6 Å². The average Bonchev–Trinajstić information content (AvgIpc) is 3.16. The summed E-state index contributed by atoms with van der Waals surface area (Å²) in [6.07, 6.45) is 7.23. The molecular formula is C13H13N7O2S. The lowest BCUT2D eigenvalue weighted by molar-refractivity contribution is 0.454. The van der Waals surface area contributed by atoms with E-state index in [0.717, 1.165) is 12.8 Å². The number of fused-ring (bicyclic) bond motifs is 1. The molecule has 0 aliphatic heterocycles. The number of nitrogens with one attached hydrogen (secondary N) is 2. The molecule has 3 heterocycles. The SMILES string of the molecule is CSc1nc(=NC2CC2)n2nc/c(=C\c3[nH]c(=O)[nH]c3O)c2n1. The molecule has 0 spiro atoms. The number of thioether (sulfide) groups is 1. The Morgan fingerprint density at radius 2 is 2.26 bits per heavy atom. The fourth-order valence-electron chi connectivity index (χ4n) is 2.15. The van der Waals surface area contributed by atoms with E-state index in [4.69, 9.17) is 0 Å². The molecule has 0 aromatic carbocycles. The molecule has 3 aromatic heterocycles. The zero-order chi connectivity index (χ0) is 16.0. The Morgan fingerprint density at radius 1 is 1.43 bits per heavy atom. The van der Waals surface area contributed by atoms with Gasteiger partial charge < -0.3 is 10.1 Å². The first-order valence-electron chi connectivity index (χ1n) is 7.00. The van der Waals surface area contributed by atoms with Crippen molar-refractivity contribution in [3.63, 3.8) is 0 Å². The summed E-state index contributed by atoms with van der Waals surface area (Å²) in [4.78, 5) is 29.4. The fraction of sp³-hybridized carbons (Fsp3) is 0.308. The summed E-state index contributed by atoms with van der Waals surface area (Å²) in [5.74, 6) is -0.226. The van der Waals surface area contributed by atoms with E-state index in [1.54, 1.807) is 16.8 Å². The van der Waals surface area contributed by atoms with Gasteiger partial charge in [0.15, 0.2) is 10.8 Å². The smallest absolute Gasteiger partial charge is 0.326 e. The zero-order valence-corrected chi connectivity index (χ0v) is 13.0. The highest BCUT2D eigenvalue weighted by atomic mass is 32.2. The highest BCUT2D eigenvalue weighted by Crippen LogP contribution is 2.22. The molecule has 0 bridgehead atoms. The number of aromatic amines is 2. The molecule has 23 heavy (non-hydrogen) atoms. The second-order valence-electron chi connectivity index (χ2n) is 5.19. The molecule has 1 saturated carbocycles. The van der Waals surface area contributed by atoms with Crippen LogP contribution in [0, 0.1) is 0 Å². The minimum Gasteiger partial charge on any atom is -0.493 e. The number of imidazole rings is 1. The third-order valence-corrected chi connectivity index (χ3v) is 3.97. The van der Waals surface area contributed by atoms with Crippen LogP contribution in [0.25, 0.3) is 11.7 Å². The quantitative estimate of drug-likeness (QED) is 0.539. The zero-order valence-electron chi connectivity index (χ0n) is 12.1. The summed E-state index contributed by atoms with van der Waals surface area (Å²) < 4.78 is 1.58. The van der Waals surface area contributed by atoms with E-state index >= 15 is 0 Å². The lowest BCUT2D eigenvalue weighted by atomic mass is 10.3. The molecule has 0 saturated heterocycles. The van der Waals surface area contributed by atoms with Crippen LogP contribution in [0.15, 0.2) is 21.1 Å². The molecule has 0 radical (unpaired) electrons. The Balaban J connectivity index is 1.98. The van der Waals surface area contributed by atoms with Gasteiger partial charge in [-0.1, -0.05) is 11.8 Å². The van der Waals surface area contributed by atoms with Gasteiger partial charge in [-0.15, -0.1) is 0 Å². The predicted molar refractivity (Wildman–Crippen MR) is 83.0 cm³/mol. The molecule has 118 valence electrons. The largest absolute Gasteiger partial charge is 0.493 e. The fourth-order valence-corrected chi connectivity index (χ4v) is 2.50. The molecular weight excluding hydrogens is 318 g/mol. The van der Waals surface area contributed by atoms with Gasteiger partial charge in [0.1, 0.15) is 5.69 Å². The summed E-state index contributed by atoms with van der Waals surface area (Å²) in [7, 11) is 0. The molecule has 1 aliphatic carbocycles. The lowest BCUT2D eigenvalue weighted by Crippen LogP contribution is -2.23. The van der Waals surface area contributed by atoms with Crippen molar-refractivity contribution in [2.45, 2.75) is 24.0 Å². The minimum absolute atomic E-state index is 0.226. The lowest BCUT2D eigenvalue weighted by Gasteiger charge is -1.97. The number of hydrogen-bond acceptors (Lipinski definition) is 7. The first-order valence-corrected chi connectivity index (χ1v) is 8.23. The summed E-state index contributed by atoms with van der Waals surface area (Å²) in [6.45, 7) is 0. The normalized spacial score (nSPS) is 16.6. The van der Waals surface area contributed by atoms with Crippen molar-refractivity contribution in [1.82, 2.24) is 29.5 Å². The number of hydrogen-bond donors (Lipinski definition) is 3. The maximum absolute atomic E-state index is 11.2.